The molecule has 1 aliphatic heterocycles. The number of carbonyl (C=O) groups is 2. The van der Waals surface area contributed by atoms with E-state index in [1.54, 1.807) is 17.2 Å². The van der Waals surface area contributed by atoms with Gasteiger partial charge in [-0.05, 0) is 24.1 Å². The highest BCUT2D eigenvalue weighted by molar-refractivity contribution is 5.97. The fourth-order valence-electron chi connectivity index (χ4n) is 2.62. The summed E-state index contributed by atoms with van der Waals surface area (Å²) in [5.74, 6) is 0.0176. The average molecular weight is 325 g/mol. The molecule has 6 heteroatoms. The molecule has 6 nitrogen and oxygen atoms in total. The number of carbonyl (C=O) groups excluding carboxylic acids is 2. The zero-order valence-electron chi connectivity index (χ0n) is 13.4. The van der Waals surface area contributed by atoms with Gasteiger partial charge in [0.2, 0.25) is 5.91 Å². The van der Waals surface area contributed by atoms with Crippen LogP contribution < -0.4 is 5.32 Å². The van der Waals surface area contributed by atoms with Crippen LogP contribution in [-0.4, -0.2) is 41.0 Å². The number of amides is 2. The number of benzene rings is 1. The summed E-state index contributed by atoms with van der Waals surface area (Å²) in [6.45, 7) is 2.42. The Hall–Kier alpha value is -2.73. The largest absolute Gasteiger partial charge is 0.369 e. The van der Waals surface area contributed by atoms with Gasteiger partial charge in [0.05, 0.1) is 6.61 Å². The molecular weight excluding hydrogens is 306 g/mol. The molecule has 3 rings (SSSR count). The molecule has 1 aromatic heterocycles. The molecule has 1 fully saturated rings. The Morgan fingerprint density at radius 2 is 2.08 bits per heavy atom. The number of aryl methyl sites for hydroxylation is 1. The fraction of sp³-hybridized carbons (Fsp3) is 0.278. The highest BCUT2D eigenvalue weighted by Crippen LogP contribution is 2.16. The van der Waals surface area contributed by atoms with Crippen molar-refractivity contribution in [1.29, 1.82) is 0 Å². The van der Waals surface area contributed by atoms with Crippen LogP contribution in [0, 0.1) is 6.92 Å². The van der Waals surface area contributed by atoms with Gasteiger partial charge in [0.15, 0.2) is 0 Å². The van der Waals surface area contributed by atoms with Crippen molar-refractivity contribution in [2.24, 2.45) is 0 Å². The van der Waals surface area contributed by atoms with Crippen molar-refractivity contribution in [3.05, 3.63) is 59.8 Å². The quantitative estimate of drug-likeness (QED) is 0.930. The summed E-state index contributed by atoms with van der Waals surface area (Å²) in [6, 6.07) is 12.6. The Morgan fingerprint density at radius 3 is 2.83 bits per heavy atom. The van der Waals surface area contributed by atoms with Crippen LogP contribution in [0.1, 0.15) is 11.1 Å². The highest BCUT2D eigenvalue weighted by Gasteiger charge is 2.34. The van der Waals surface area contributed by atoms with Crippen molar-refractivity contribution in [2.45, 2.75) is 19.5 Å². The second kappa shape index (κ2) is 7.23. The van der Waals surface area contributed by atoms with E-state index in [2.05, 4.69) is 10.3 Å². The van der Waals surface area contributed by atoms with Gasteiger partial charge in [-0.1, -0.05) is 36.4 Å². The maximum atomic E-state index is 12.6. The molecule has 1 saturated heterocycles. The molecule has 1 unspecified atom stereocenters. The summed E-state index contributed by atoms with van der Waals surface area (Å²) in [5.41, 5.74) is 1.84. The van der Waals surface area contributed by atoms with Crippen LogP contribution in [0.15, 0.2) is 48.7 Å². The zero-order chi connectivity index (χ0) is 16.9. The minimum atomic E-state index is -0.673. The average Bonchev–Trinajstić information content (AvgIpc) is 2.59. The topological polar surface area (TPSA) is 71.5 Å². The minimum absolute atomic E-state index is 0.000766. The summed E-state index contributed by atoms with van der Waals surface area (Å²) in [7, 11) is 0. The van der Waals surface area contributed by atoms with Crippen LogP contribution in [0.3, 0.4) is 0 Å². The van der Waals surface area contributed by atoms with Crippen molar-refractivity contribution < 1.29 is 14.3 Å². The van der Waals surface area contributed by atoms with E-state index in [1.165, 1.54) is 0 Å². The summed E-state index contributed by atoms with van der Waals surface area (Å²) in [6.07, 6.45) is 1.62. The van der Waals surface area contributed by atoms with E-state index in [0.29, 0.717) is 12.4 Å². The normalized spacial score (nSPS) is 17.6. The van der Waals surface area contributed by atoms with Gasteiger partial charge in [0.25, 0.3) is 5.91 Å². The monoisotopic (exact) mass is 325 g/mol. The third-order valence-electron chi connectivity index (χ3n) is 3.95. The standard InChI is InChI=1S/C18H19N3O3/c1-13-6-5-9-19-17(13)20-18(23)15-11-24-12-16(22)21(15)10-14-7-3-2-4-8-14/h2-9,15H,10-12H2,1H3,(H,19,20,23). The lowest BCUT2D eigenvalue weighted by Gasteiger charge is -2.34. The molecular formula is C18H19N3O3. The number of ether oxygens (including phenoxy) is 1. The Morgan fingerprint density at radius 1 is 1.29 bits per heavy atom. The number of rotatable bonds is 4. The first kappa shape index (κ1) is 16.1. The van der Waals surface area contributed by atoms with Gasteiger partial charge in [0.1, 0.15) is 18.5 Å². The number of nitrogens with one attached hydrogen (secondary N) is 1. The van der Waals surface area contributed by atoms with Gasteiger partial charge in [0, 0.05) is 12.7 Å². The maximum Gasteiger partial charge on any atom is 0.250 e. The number of hydrogen-bond donors (Lipinski definition) is 1. The van der Waals surface area contributed by atoms with E-state index >= 15 is 0 Å². The second-order valence-corrected chi connectivity index (χ2v) is 5.70. The molecule has 2 aromatic rings. The molecule has 0 aliphatic carbocycles. The zero-order valence-corrected chi connectivity index (χ0v) is 13.4. The molecule has 0 spiro atoms. The van der Waals surface area contributed by atoms with Crippen LogP contribution >= 0.6 is 0 Å². The summed E-state index contributed by atoms with van der Waals surface area (Å²) >= 11 is 0. The van der Waals surface area contributed by atoms with Gasteiger partial charge in [-0.2, -0.15) is 0 Å². The van der Waals surface area contributed by atoms with Crippen LogP contribution in [0.5, 0.6) is 0 Å². The van der Waals surface area contributed by atoms with E-state index in [1.807, 2.05) is 43.3 Å². The Labute approximate surface area is 140 Å². The molecule has 124 valence electrons. The van der Waals surface area contributed by atoms with Gasteiger partial charge in [-0.3, -0.25) is 9.59 Å². The first-order valence-corrected chi connectivity index (χ1v) is 7.79. The van der Waals surface area contributed by atoms with E-state index in [9.17, 15) is 9.59 Å². The van der Waals surface area contributed by atoms with E-state index in [4.69, 9.17) is 4.74 Å². The van der Waals surface area contributed by atoms with Gasteiger partial charge in [-0.15, -0.1) is 0 Å². The lowest BCUT2D eigenvalue weighted by atomic mass is 10.1. The minimum Gasteiger partial charge on any atom is -0.369 e. The van der Waals surface area contributed by atoms with Crippen LogP contribution in [0.25, 0.3) is 0 Å². The van der Waals surface area contributed by atoms with Crippen LogP contribution in [0.2, 0.25) is 0 Å². The highest BCUT2D eigenvalue weighted by atomic mass is 16.5. The third kappa shape index (κ3) is 3.60. The van der Waals surface area contributed by atoms with E-state index in [-0.39, 0.29) is 25.0 Å². The number of pyridine rings is 1. The van der Waals surface area contributed by atoms with Crippen LogP contribution in [0.4, 0.5) is 5.82 Å². The first-order valence-electron chi connectivity index (χ1n) is 7.79. The smallest absolute Gasteiger partial charge is 0.250 e. The van der Waals surface area contributed by atoms with Crippen molar-refractivity contribution in [3.63, 3.8) is 0 Å². The Kier molecular flexibility index (Phi) is 4.86. The van der Waals surface area contributed by atoms with Crippen molar-refractivity contribution >= 4 is 17.6 Å². The molecule has 1 N–H and O–H groups in total. The molecule has 1 atom stereocenters. The molecule has 2 amide bonds. The maximum absolute atomic E-state index is 12.6. The number of nitrogens with zero attached hydrogens (tertiary/aromatic N) is 2. The lowest BCUT2D eigenvalue weighted by Crippen LogP contribution is -2.54. The lowest BCUT2D eigenvalue weighted by molar-refractivity contribution is -0.154. The summed E-state index contributed by atoms with van der Waals surface area (Å²) in [5, 5.41) is 2.79. The van der Waals surface area contributed by atoms with Gasteiger partial charge < -0.3 is 15.0 Å². The molecule has 1 aliphatic rings. The number of anilines is 1. The van der Waals surface area contributed by atoms with Gasteiger partial charge in [-0.25, -0.2) is 4.98 Å². The predicted molar refractivity (Wildman–Crippen MR) is 89.2 cm³/mol. The number of aromatic nitrogens is 1. The van der Waals surface area contributed by atoms with Gasteiger partial charge >= 0.3 is 0 Å². The molecule has 0 bridgehead atoms. The fourth-order valence-corrected chi connectivity index (χ4v) is 2.62. The first-order chi connectivity index (χ1) is 11.6. The summed E-state index contributed by atoms with van der Waals surface area (Å²) < 4.78 is 5.28. The van der Waals surface area contributed by atoms with Crippen molar-refractivity contribution in [3.8, 4) is 0 Å². The molecule has 0 radical (unpaired) electrons. The van der Waals surface area contributed by atoms with E-state index < -0.39 is 6.04 Å². The predicted octanol–water partition coefficient (Wildman–Crippen LogP) is 1.76. The van der Waals surface area contributed by atoms with Crippen molar-refractivity contribution in [2.75, 3.05) is 18.5 Å². The second-order valence-electron chi connectivity index (χ2n) is 5.70. The molecule has 1 aromatic carbocycles. The third-order valence-corrected chi connectivity index (χ3v) is 3.95. The SMILES string of the molecule is Cc1cccnc1NC(=O)C1COCC(=O)N1Cc1ccccc1. The molecule has 24 heavy (non-hydrogen) atoms. The summed E-state index contributed by atoms with van der Waals surface area (Å²) in [4.78, 5) is 30.6. The molecule has 0 saturated carbocycles. The van der Waals surface area contributed by atoms with Crippen molar-refractivity contribution in [1.82, 2.24) is 9.88 Å². The molecule has 2 heterocycles. The number of hydrogen-bond acceptors (Lipinski definition) is 4. The Bertz CT molecular complexity index is 733. The van der Waals surface area contributed by atoms with E-state index in [0.717, 1.165) is 11.1 Å². The number of morpholine rings is 1. The van der Waals surface area contributed by atoms with Crippen LogP contribution in [-0.2, 0) is 20.9 Å². The Balaban J connectivity index is 1.77.